The minimum absolute atomic E-state index is 0.161. The fraction of sp³-hybridized carbons (Fsp3) is 0.211. The monoisotopic (exact) mass is 388 g/mol. The van der Waals surface area contributed by atoms with E-state index < -0.39 is 0 Å². The van der Waals surface area contributed by atoms with E-state index in [1.807, 2.05) is 12.1 Å². The van der Waals surface area contributed by atoms with Gasteiger partial charge in [-0.2, -0.15) is 0 Å². The molecule has 0 atom stereocenters. The fourth-order valence-electron chi connectivity index (χ4n) is 2.34. The van der Waals surface area contributed by atoms with Gasteiger partial charge in [-0.15, -0.1) is 0 Å². The SMILES string of the molecule is CC(C)OC(=O)c1ccc2nc(NC(=O)Cc3ccc(Cl)cc3)sc2c1. The second-order valence-corrected chi connectivity index (χ2v) is 7.47. The molecule has 3 rings (SSSR count). The molecule has 0 radical (unpaired) electrons. The first-order valence-corrected chi connectivity index (χ1v) is 9.26. The van der Waals surface area contributed by atoms with Gasteiger partial charge < -0.3 is 10.1 Å². The smallest absolute Gasteiger partial charge is 0.338 e. The van der Waals surface area contributed by atoms with E-state index in [1.165, 1.54) is 11.3 Å². The second-order valence-electron chi connectivity index (χ2n) is 6.01. The quantitative estimate of drug-likeness (QED) is 0.643. The number of nitrogens with one attached hydrogen (secondary N) is 1. The number of rotatable bonds is 5. The van der Waals surface area contributed by atoms with E-state index in [-0.39, 0.29) is 24.4 Å². The van der Waals surface area contributed by atoms with E-state index in [1.54, 1.807) is 44.2 Å². The number of carbonyl (C=O) groups excluding carboxylic acids is 2. The summed E-state index contributed by atoms with van der Waals surface area (Å²) in [6.45, 7) is 3.61. The van der Waals surface area contributed by atoms with Gasteiger partial charge in [-0.3, -0.25) is 4.79 Å². The maximum absolute atomic E-state index is 12.2. The molecule has 26 heavy (non-hydrogen) atoms. The maximum Gasteiger partial charge on any atom is 0.338 e. The first kappa shape index (κ1) is 18.4. The lowest BCUT2D eigenvalue weighted by Gasteiger charge is -2.07. The Labute approximate surface area is 160 Å². The van der Waals surface area contributed by atoms with E-state index in [0.29, 0.717) is 15.7 Å². The number of ether oxygens (including phenoxy) is 1. The topological polar surface area (TPSA) is 68.3 Å². The van der Waals surface area contributed by atoms with Crippen LogP contribution in [-0.2, 0) is 16.0 Å². The molecule has 1 N–H and O–H groups in total. The molecule has 1 amide bonds. The highest BCUT2D eigenvalue weighted by atomic mass is 35.5. The molecule has 0 bridgehead atoms. The number of carbonyl (C=O) groups is 2. The molecule has 3 aromatic rings. The molecule has 1 aromatic heterocycles. The van der Waals surface area contributed by atoms with Crippen LogP contribution in [0, 0.1) is 0 Å². The van der Waals surface area contributed by atoms with Crippen molar-refractivity contribution in [3.8, 4) is 0 Å². The Kier molecular flexibility index (Phi) is 5.54. The second kappa shape index (κ2) is 7.85. The van der Waals surface area contributed by atoms with Crippen molar-refractivity contribution in [1.29, 1.82) is 0 Å². The molecule has 7 heteroatoms. The van der Waals surface area contributed by atoms with Crippen molar-refractivity contribution >= 4 is 50.2 Å². The lowest BCUT2D eigenvalue weighted by molar-refractivity contribution is -0.115. The van der Waals surface area contributed by atoms with Crippen LogP contribution in [0.5, 0.6) is 0 Å². The highest BCUT2D eigenvalue weighted by Crippen LogP contribution is 2.27. The summed E-state index contributed by atoms with van der Waals surface area (Å²) in [6.07, 6.45) is 0.0568. The number of hydrogen-bond donors (Lipinski definition) is 1. The van der Waals surface area contributed by atoms with Crippen LogP contribution >= 0.6 is 22.9 Å². The third-order valence-corrected chi connectivity index (χ3v) is 4.68. The molecule has 1 heterocycles. The van der Waals surface area contributed by atoms with Crippen LogP contribution in [0.15, 0.2) is 42.5 Å². The highest BCUT2D eigenvalue weighted by molar-refractivity contribution is 7.22. The van der Waals surface area contributed by atoms with Gasteiger partial charge in [0.05, 0.1) is 28.3 Å². The number of anilines is 1. The molecule has 0 aliphatic rings. The zero-order valence-electron chi connectivity index (χ0n) is 14.3. The Morgan fingerprint density at radius 1 is 1.19 bits per heavy atom. The fourth-order valence-corrected chi connectivity index (χ4v) is 3.39. The Balaban J connectivity index is 1.71. The van der Waals surface area contributed by atoms with Crippen LogP contribution in [0.3, 0.4) is 0 Å². The van der Waals surface area contributed by atoms with Crippen LogP contribution < -0.4 is 5.32 Å². The molecule has 0 saturated heterocycles. The predicted molar refractivity (Wildman–Crippen MR) is 104 cm³/mol. The van der Waals surface area contributed by atoms with Gasteiger partial charge in [-0.05, 0) is 49.7 Å². The molecule has 134 valence electrons. The first-order chi connectivity index (χ1) is 12.4. The number of aromatic nitrogens is 1. The molecular weight excluding hydrogens is 372 g/mol. The largest absolute Gasteiger partial charge is 0.459 e. The van der Waals surface area contributed by atoms with Gasteiger partial charge in [-0.1, -0.05) is 35.1 Å². The van der Waals surface area contributed by atoms with Crippen molar-refractivity contribution in [2.45, 2.75) is 26.4 Å². The van der Waals surface area contributed by atoms with Gasteiger partial charge in [0.15, 0.2) is 5.13 Å². The molecule has 0 saturated carbocycles. The number of halogens is 1. The number of thiazole rings is 1. The zero-order valence-corrected chi connectivity index (χ0v) is 15.9. The molecular formula is C19H17ClN2O3S. The number of benzene rings is 2. The van der Waals surface area contributed by atoms with Crippen molar-refractivity contribution in [3.63, 3.8) is 0 Å². The Morgan fingerprint density at radius 3 is 2.62 bits per heavy atom. The Bertz CT molecular complexity index is 951. The minimum Gasteiger partial charge on any atom is -0.459 e. The lowest BCUT2D eigenvalue weighted by atomic mass is 10.1. The van der Waals surface area contributed by atoms with Crippen molar-refractivity contribution < 1.29 is 14.3 Å². The van der Waals surface area contributed by atoms with Crippen LogP contribution in [0.2, 0.25) is 5.02 Å². The van der Waals surface area contributed by atoms with E-state index >= 15 is 0 Å². The normalized spacial score (nSPS) is 10.9. The summed E-state index contributed by atoms with van der Waals surface area (Å²) in [5.41, 5.74) is 2.05. The molecule has 0 fully saturated rings. The summed E-state index contributed by atoms with van der Waals surface area (Å²) in [5.74, 6) is -0.533. The standard InChI is InChI=1S/C19H17ClN2O3S/c1-11(2)25-18(24)13-5-8-15-16(10-13)26-19(21-15)22-17(23)9-12-3-6-14(20)7-4-12/h3-8,10-11H,9H2,1-2H3,(H,21,22,23). The molecule has 0 aliphatic carbocycles. The number of esters is 1. The summed E-state index contributed by atoms with van der Waals surface area (Å²) < 4.78 is 6.01. The van der Waals surface area contributed by atoms with Crippen molar-refractivity contribution in [1.82, 2.24) is 4.98 Å². The maximum atomic E-state index is 12.2. The lowest BCUT2D eigenvalue weighted by Crippen LogP contribution is -2.14. The number of hydrogen-bond acceptors (Lipinski definition) is 5. The summed E-state index contributed by atoms with van der Waals surface area (Å²) >= 11 is 7.16. The van der Waals surface area contributed by atoms with Crippen LogP contribution in [0.25, 0.3) is 10.2 Å². The Morgan fingerprint density at radius 2 is 1.92 bits per heavy atom. The van der Waals surface area contributed by atoms with E-state index in [0.717, 1.165) is 15.8 Å². The molecule has 2 aromatic carbocycles. The first-order valence-electron chi connectivity index (χ1n) is 8.06. The van der Waals surface area contributed by atoms with Crippen molar-refractivity contribution in [2.24, 2.45) is 0 Å². The summed E-state index contributed by atoms with van der Waals surface area (Å²) in [4.78, 5) is 28.6. The van der Waals surface area contributed by atoms with Gasteiger partial charge in [0.1, 0.15) is 0 Å². The molecule has 0 spiro atoms. The highest BCUT2D eigenvalue weighted by Gasteiger charge is 2.13. The minimum atomic E-state index is -0.372. The summed E-state index contributed by atoms with van der Waals surface area (Å²) in [5, 5.41) is 3.92. The third kappa shape index (κ3) is 4.59. The molecule has 5 nitrogen and oxygen atoms in total. The van der Waals surface area contributed by atoms with Crippen LogP contribution in [0.4, 0.5) is 5.13 Å². The van der Waals surface area contributed by atoms with Crippen molar-refractivity contribution in [3.05, 3.63) is 58.6 Å². The predicted octanol–water partition coefficient (Wildman–Crippen LogP) is 4.70. The van der Waals surface area contributed by atoms with E-state index in [9.17, 15) is 9.59 Å². The van der Waals surface area contributed by atoms with Crippen LogP contribution in [0.1, 0.15) is 29.8 Å². The average molecular weight is 389 g/mol. The number of nitrogens with zero attached hydrogens (tertiary/aromatic N) is 1. The number of fused-ring (bicyclic) bond motifs is 1. The van der Waals surface area contributed by atoms with Gasteiger partial charge in [0, 0.05) is 5.02 Å². The summed E-state index contributed by atoms with van der Waals surface area (Å²) in [6, 6.07) is 12.3. The Hall–Kier alpha value is -2.44. The third-order valence-electron chi connectivity index (χ3n) is 3.49. The van der Waals surface area contributed by atoms with Gasteiger partial charge in [0.25, 0.3) is 0 Å². The number of amides is 1. The van der Waals surface area contributed by atoms with Crippen LogP contribution in [-0.4, -0.2) is 23.0 Å². The zero-order chi connectivity index (χ0) is 18.7. The molecule has 0 aliphatic heterocycles. The van der Waals surface area contributed by atoms with E-state index in [4.69, 9.17) is 16.3 Å². The van der Waals surface area contributed by atoms with Gasteiger partial charge >= 0.3 is 5.97 Å². The average Bonchev–Trinajstić information content (AvgIpc) is 2.97. The van der Waals surface area contributed by atoms with Crippen molar-refractivity contribution in [2.75, 3.05) is 5.32 Å². The van der Waals surface area contributed by atoms with E-state index in [2.05, 4.69) is 10.3 Å². The summed E-state index contributed by atoms with van der Waals surface area (Å²) in [7, 11) is 0. The van der Waals surface area contributed by atoms with Gasteiger partial charge in [-0.25, -0.2) is 9.78 Å². The van der Waals surface area contributed by atoms with Gasteiger partial charge in [0.2, 0.25) is 5.91 Å². The molecule has 0 unspecified atom stereocenters.